The van der Waals surface area contributed by atoms with Crippen molar-refractivity contribution in [2.24, 2.45) is 0 Å². The van der Waals surface area contributed by atoms with Crippen LogP contribution in [0.4, 0.5) is 13.6 Å². The molecule has 3 nitrogen and oxygen atoms in total. The highest BCUT2D eigenvalue weighted by Gasteiger charge is 2.29. The molecule has 1 N–H and O–H groups in total. The molecule has 0 aliphatic carbocycles. The first-order valence-electron chi connectivity index (χ1n) is 6.12. The first kappa shape index (κ1) is 16.9. The van der Waals surface area contributed by atoms with Crippen LogP contribution in [0.3, 0.4) is 0 Å². The monoisotopic (exact) mass is 349 g/mol. The predicted octanol–water partition coefficient (Wildman–Crippen LogP) is 4.30. The number of carbonyl (C=O) groups is 1. The van der Waals surface area contributed by atoms with E-state index in [0.29, 0.717) is 4.47 Å². The second-order valence-electron chi connectivity index (χ2n) is 5.68. The van der Waals surface area contributed by atoms with Crippen LogP contribution in [0.5, 0.6) is 0 Å². The van der Waals surface area contributed by atoms with Crippen LogP contribution in [-0.4, -0.2) is 18.2 Å². The molecule has 0 spiro atoms. The molecular formula is C14H18BrF2NO2. The van der Waals surface area contributed by atoms with Gasteiger partial charge < -0.3 is 10.1 Å². The number of alkyl carbamates (subject to hydrolysis) is 1. The van der Waals surface area contributed by atoms with Crippen LogP contribution in [0.1, 0.15) is 33.3 Å². The van der Waals surface area contributed by atoms with Crippen molar-refractivity contribution < 1.29 is 18.3 Å². The molecule has 0 radical (unpaired) electrons. The third-order valence-electron chi connectivity index (χ3n) is 2.46. The lowest BCUT2D eigenvalue weighted by Gasteiger charge is -2.25. The smallest absolute Gasteiger partial charge is 0.407 e. The minimum Gasteiger partial charge on any atom is -0.444 e. The maximum Gasteiger partial charge on any atom is 0.407 e. The summed E-state index contributed by atoms with van der Waals surface area (Å²) in [5, 5.41) is 2.37. The number of alkyl halides is 1. The van der Waals surface area contributed by atoms with Gasteiger partial charge in [0.25, 0.3) is 0 Å². The van der Waals surface area contributed by atoms with Gasteiger partial charge in [0.05, 0.1) is 6.54 Å². The average molecular weight is 350 g/mol. The number of amides is 1. The molecule has 0 heterocycles. The maximum atomic E-state index is 14.6. The highest BCUT2D eigenvalue weighted by atomic mass is 79.9. The third-order valence-corrected chi connectivity index (χ3v) is 3.11. The number of nitrogens with one attached hydrogen (secondary N) is 1. The lowest BCUT2D eigenvalue weighted by Crippen LogP contribution is -2.39. The molecule has 0 bridgehead atoms. The van der Waals surface area contributed by atoms with Gasteiger partial charge >= 0.3 is 6.09 Å². The Kier molecular flexibility index (Phi) is 5.13. The zero-order valence-corrected chi connectivity index (χ0v) is 13.5. The molecule has 1 atom stereocenters. The molecular weight excluding hydrogens is 332 g/mol. The van der Waals surface area contributed by atoms with Crippen LogP contribution in [0.2, 0.25) is 0 Å². The zero-order valence-electron chi connectivity index (χ0n) is 11.9. The van der Waals surface area contributed by atoms with E-state index in [4.69, 9.17) is 4.74 Å². The van der Waals surface area contributed by atoms with Crippen molar-refractivity contribution in [2.75, 3.05) is 6.54 Å². The number of rotatable bonds is 3. The summed E-state index contributed by atoms with van der Waals surface area (Å²) in [6.07, 6.45) is -0.695. The Hall–Kier alpha value is -1.17. The van der Waals surface area contributed by atoms with Crippen LogP contribution in [-0.2, 0) is 10.4 Å². The van der Waals surface area contributed by atoms with Gasteiger partial charge in [0.2, 0.25) is 0 Å². The number of benzene rings is 1. The maximum absolute atomic E-state index is 14.6. The summed E-state index contributed by atoms with van der Waals surface area (Å²) in [5.74, 6) is -0.462. The standard InChI is InChI=1S/C14H18BrF2NO2/c1-13(2,3)20-12(19)18-8-14(4,17)10-6-5-9(16)7-11(10)15/h5-7H,8H2,1-4H3,(H,18,19). The summed E-state index contributed by atoms with van der Waals surface area (Å²) in [6.45, 7) is 6.20. The Morgan fingerprint density at radius 1 is 1.35 bits per heavy atom. The lowest BCUT2D eigenvalue weighted by atomic mass is 9.98. The fraction of sp³-hybridized carbons (Fsp3) is 0.500. The van der Waals surface area contributed by atoms with Crippen LogP contribution >= 0.6 is 15.9 Å². The zero-order chi connectivity index (χ0) is 15.6. The molecule has 1 aromatic carbocycles. The van der Waals surface area contributed by atoms with E-state index in [0.717, 1.165) is 0 Å². The van der Waals surface area contributed by atoms with Gasteiger partial charge in [-0.05, 0) is 39.8 Å². The Balaban J connectivity index is 2.72. The average Bonchev–Trinajstić information content (AvgIpc) is 2.23. The molecule has 0 aliphatic heterocycles. The minimum atomic E-state index is -1.84. The van der Waals surface area contributed by atoms with Crippen LogP contribution in [0.15, 0.2) is 22.7 Å². The topological polar surface area (TPSA) is 38.3 Å². The van der Waals surface area contributed by atoms with Gasteiger partial charge in [0.1, 0.15) is 11.4 Å². The largest absolute Gasteiger partial charge is 0.444 e. The summed E-state index contributed by atoms with van der Waals surface area (Å²) in [7, 11) is 0. The van der Waals surface area contributed by atoms with Crippen molar-refractivity contribution >= 4 is 22.0 Å². The first-order valence-corrected chi connectivity index (χ1v) is 6.92. The second kappa shape index (κ2) is 6.08. The van der Waals surface area contributed by atoms with Gasteiger partial charge in [-0.25, -0.2) is 13.6 Å². The summed E-state index contributed by atoms with van der Waals surface area (Å²) in [5.41, 5.74) is -2.23. The first-order chi connectivity index (χ1) is 9.01. The highest BCUT2D eigenvalue weighted by molar-refractivity contribution is 9.10. The van der Waals surface area contributed by atoms with Crippen molar-refractivity contribution in [1.29, 1.82) is 0 Å². The summed E-state index contributed by atoms with van der Waals surface area (Å²) < 4.78 is 32.9. The van der Waals surface area contributed by atoms with Gasteiger partial charge in [-0.1, -0.05) is 22.0 Å². The molecule has 0 saturated heterocycles. The SMILES string of the molecule is CC(C)(C)OC(=O)NCC(C)(F)c1ccc(F)cc1Br. The van der Waals surface area contributed by atoms with Crippen LogP contribution < -0.4 is 5.32 Å². The van der Waals surface area contributed by atoms with Gasteiger partial charge in [-0.2, -0.15) is 0 Å². The van der Waals surface area contributed by atoms with Crippen molar-refractivity contribution in [1.82, 2.24) is 5.32 Å². The molecule has 0 fully saturated rings. The fourth-order valence-corrected chi connectivity index (χ4v) is 2.32. The minimum absolute atomic E-state index is 0.259. The van der Waals surface area contributed by atoms with Gasteiger partial charge in [0.15, 0.2) is 5.67 Å². The molecule has 20 heavy (non-hydrogen) atoms. The Bertz CT molecular complexity index is 498. The van der Waals surface area contributed by atoms with E-state index in [1.54, 1.807) is 20.8 Å². The third kappa shape index (κ3) is 5.07. The number of halogens is 3. The Labute approximate surface area is 125 Å². The van der Waals surface area contributed by atoms with E-state index in [1.165, 1.54) is 25.1 Å². The second-order valence-corrected chi connectivity index (χ2v) is 6.53. The lowest BCUT2D eigenvalue weighted by molar-refractivity contribution is 0.0483. The normalized spacial score (nSPS) is 14.6. The number of hydrogen-bond donors (Lipinski definition) is 1. The number of hydrogen-bond acceptors (Lipinski definition) is 2. The molecule has 1 unspecified atom stereocenters. The quantitative estimate of drug-likeness (QED) is 0.883. The van der Waals surface area contributed by atoms with Crippen LogP contribution in [0, 0.1) is 5.82 Å². The van der Waals surface area contributed by atoms with Gasteiger partial charge in [-0.15, -0.1) is 0 Å². The van der Waals surface area contributed by atoms with Crippen molar-refractivity contribution in [3.05, 3.63) is 34.1 Å². The van der Waals surface area contributed by atoms with E-state index in [-0.39, 0.29) is 12.1 Å². The molecule has 1 amide bonds. The number of ether oxygens (including phenoxy) is 1. The molecule has 6 heteroatoms. The summed E-state index contributed by atoms with van der Waals surface area (Å²) in [6, 6.07) is 3.70. The van der Waals surface area contributed by atoms with E-state index >= 15 is 0 Å². The van der Waals surface area contributed by atoms with Crippen molar-refractivity contribution in [3.63, 3.8) is 0 Å². The predicted molar refractivity (Wildman–Crippen MR) is 76.8 cm³/mol. The van der Waals surface area contributed by atoms with E-state index in [1.807, 2.05) is 0 Å². The molecule has 1 rings (SSSR count). The molecule has 0 saturated carbocycles. The Morgan fingerprint density at radius 3 is 2.45 bits per heavy atom. The fourth-order valence-electron chi connectivity index (χ4n) is 1.56. The van der Waals surface area contributed by atoms with Crippen molar-refractivity contribution in [2.45, 2.75) is 39.0 Å². The molecule has 1 aromatic rings. The van der Waals surface area contributed by atoms with Gasteiger partial charge in [0, 0.05) is 10.0 Å². The van der Waals surface area contributed by atoms with Crippen LogP contribution in [0.25, 0.3) is 0 Å². The Morgan fingerprint density at radius 2 is 1.95 bits per heavy atom. The highest BCUT2D eigenvalue weighted by Crippen LogP contribution is 2.31. The summed E-state index contributed by atoms with van der Waals surface area (Å²) >= 11 is 3.11. The van der Waals surface area contributed by atoms with E-state index < -0.39 is 23.2 Å². The van der Waals surface area contributed by atoms with Gasteiger partial charge in [-0.3, -0.25) is 0 Å². The summed E-state index contributed by atoms with van der Waals surface area (Å²) in [4.78, 5) is 11.5. The number of carbonyl (C=O) groups excluding carboxylic acids is 1. The molecule has 0 aromatic heterocycles. The van der Waals surface area contributed by atoms with E-state index in [9.17, 15) is 13.6 Å². The van der Waals surface area contributed by atoms with E-state index in [2.05, 4.69) is 21.2 Å². The molecule has 0 aliphatic rings. The van der Waals surface area contributed by atoms with Crippen molar-refractivity contribution in [3.8, 4) is 0 Å². The molecule has 112 valence electrons.